The third-order valence-electron chi connectivity index (χ3n) is 3.30. The van der Waals surface area contributed by atoms with Gasteiger partial charge < -0.3 is 4.90 Å². The molecule has 0 radical (unpaired) electrons. The summed E-state index contributed by atoms with van der Waals surface area (Å²) in [4.78, 5) is 25.7. The molecule has 0 bridgehead atoms. The largest absolute Gasteiger partial charge is 0.378 e. The van der Waals surface area contributed by atoms with Gasteiger partial charge in [0.1, 0.15) is 5.82 Å². The van der Waals surface area contributed by atoms with Crippen molar-refractivity contribution in [3.63, 3.8) is 0 Å². The van der Waals surface area contributed by atoms with Gasteiger partial charge in [-0.1, -0.05) is 22.0 Å². The van der Waals surface area contributed by atoms with Crippen LogP contribution in [-0.2, 0) is 4.79 Å². The highest BCUT2D eigenvalue weighted by molar-refractivity contribution is 9.10. The number of amides is 2. The number of anilines is 1. The average molecular weight is 406 g/mol. The molecule has 0 saturated carbocycles. The summed E-state index contributed by atoms with van der Waals surface area (Å²) in [5.74, 6) is -1.47. The Labute approximate surface area is 153 Å². The summed E-state index contributed by atoms with van der Waals surface area (Å²) in [6.45, 7) is 0. The van der Waals surface area contributed by atoms with Gasteiger partial charge in [-0.05, 0) is 42.5 Å². The average Bonchev–Trinajstić information content (AvgIpc) is 2.60. The number of nitrogens with zero attached hydrogens (tertiary/aromatic N) is 1. The van der Waals surface area contributed by atoms with E-state index in [2.05, 4.69) is 26.8 Å². The number of carbonyl (C=O) groups excluding carboxylic acids is 2. The smallest absolute Gasteiger partial charge is 0.269 e. The van der Waals surface area contributed by atoms with E-state index in [0.29, 0.717) is 10.0 Å². The van der Waals surface area contributed by atoms with E-state index < -0.39 is 17.6 Å². The van der Waals surface area contributed by atoms with Crippen LogP contribution >= 0.6 is 15.9 Å². The highest BCUT2D eigenvalue weighted by atomic mass is 79.9. The summed E-state index contributed by atoms with van der Waals surface area (Å²) >= 11 is 3.23. The molecule has 0 atom stereocenters. The number of carbonyl (C=O) groups is 2. The fourth-order valence-electron chi connectivity index (χ4n) is 1.97. The SMILES string of the molecule is CN(C)c1cccc(C(=O)NNC(=O)/C=C/c2cc(Br)ccc2F)c1. The number of nitrogens with one attached hydrogen (secondary N) is 2. The number of benzene rings is 2. The molecular weight excluding hydrogens is 389 g/mol. The lowest BCUT2D eigenvalue weighted by atomic mass is 10.2. The Kier molecular flexibility index (Phi) is 6.30. The van der Waals surface area contributed by atoms with E-state index in [1.54, 1.807) is 30.3 Å². The molecule has 2 aromatic rings. The zero-order valence-electron chi connectivity index (χ0n) is 13.7. The van der Waals surface area contributed by atoms with E-state index in [-0.39, 0.29) is 5.56 Å². The molecule has 5 nitrogen and oxygen atoms in total. The lowest BCUT2D eigenvalue weighted by Gasteiger charge is -2.13. The Hall–Kier alpha value is -2.67. The zero-order valence-corrected chi connectivity index (χ0v) is 15.3. The van der Waals surface area contributed by atoms with Crippen LogP contribution in [0.4, 0.5) is 10.1 Å². The maximum absolute atomic E-state index is 13.6. The third kappa shape index (κ3) is 5.42. The number of hydrazine groups is 1. The molecule has 0 spiro atoms. The molecule has 0 saturated heterocycles. The van der Waals surface area contributed by atoms with Crippen molar-refractivity contribution in [3.05, 3.63) is 70.0 Å². The lowest BCUT2D eigenvalue weighted by Crippen LogP contribution is -2.40. The van der Waals surface area contributed by atoms with E-state index in [0.717, 1.165) is 11.8 Å². The number of rotatable bonds is 4. The molecular formula is C18H17BrFN3O2. The molecule has 0 aliphatic heterocycles. The molecule has 0 fully saturated rings. The molecule has 7 heteroatoms. The van der Waals surface area contributed by atoms with Crippen molar-refractivity contribution in [1.82, 2.24) is 10.9 Å². The van der Waals surface area contributed by atoms with Crippen LogP contribution in [0.3, 0.4) is 0 Å². The Balaban J connectivity index is 1.95. The first kappa shape index (κ1) is 18.7. The van der Waals surface area contributed by atoms with Gasteiger partial charge in [0.25, 0.3) is 11.8 Å². The maximum Gasteiger partial charge on any atom is 0.269 e. The van der Waals surface area contributed by atoms with Gasteiger partial charge in [0.15, 0.2) is 0 Å². The number of hydrogen-bond acceptors (Lipinski definition) is 3. The second kappa shape index (κ2) is 8.43. The van der Waals surface area contributed by atoms with Crippen molar-refractivity contribution in [1.29, 1.82) is 0 Å². The van der Waals surface area contributed by atoms with Gasteiger partial charge in [0.05, 0.1) is 0 Å². The predicted molar refractivity (Wildman–Crippen MR) is 99.5 cm³/mol. The summed E-state index contributed by atoms with van der Waals surface area (Å²) in [5.41, 5.74) is 6.11. The fourth-order valence-corrected chi connectivity index (χ4v) is 2.34. The van der Waals surface area contributed by atoms with E-state index in [1.165, 1.54) is 12.1 Å². The molecule has 0 aliphatic rings. The fraction of sp³-hybridized carbons (Fsp3) is 0.111. The maximum atomic E-state index is 13.6. The van der Waals surface area contributed by atoms with E-state index in [1.807, 2.05) is 25.1 Å². The monoisotopic (exact) mass is 405 g/mol. The summed E-state index contributed by atoms with van der Waals surface area (Å²) in [6, 6.07) is 11.4. The molecule has 25 heavy (non-hydrogen) atoms. The van der Waals surface area contributed by atoms with Gasteiger partial charge in [0.2, 0.25) is 0 Å². The zero-order chi connectivity index (χ0) is 18.4. The van der Waals surface area contributed by atoms with Crippen LogP contribution in [0.15, 0.2) is 53.0 Å². The predicted octanol–water partition coefficient (Wildman–Crippen LogP) is 3.13. The number of halogens is 2. The van der Waals surface area contributed by atoms with E-state index >= 15 is 0 Å². The summed E-state index contributed by atoms with van der Waals surface area (Å²) < 4.78 is 14.3. The molecule has 130 valence electrons. The third-order valence-corrected chi connectivity index (χ3v) is 3.79. The van der Waals surface area contributed by atoms with Crippen LogP contribution < -0.4 is 15.8 Å². The molecule has 0 heterocycles. The molecule has 2 rings (SSSR count). The normalized spacial score (nSPS) is 10.6. The first-order chi connectivity index (χ1) is 11.9. The molecule has 0 aliphatic carbocycles. The van der Waals surface area contributed by atoms with Crippen LogP contribution in [0, 0.1) is 5.82 Å². The van der Waals surface area contributed by atoms with Gasteiger partial charge in [-0.3, -0.25) is 20.4 Å². The van der Waals surface area contributed by atoms with Gasteiger partial charge >= 0.3 is 0 Å². The van der Waals surface area contributed by atoms with Crippen molar-refractivity contribution in [2.75, 3.05) is 19.0 Å². The first-order valence-electron chi connectivity index (χ1n) is 7.37. The summed E-state index contributed by atoms with van der Waals surface area (Å²) in [7, 11) is 3.73. The van der Waals surface area contributed by atoms with Gasteiger partial charge in [0, 0.05) is 41.5 Å². The van der Waals surface area contributed by atoms with Gasteiger partial charge in [-0.15, -0.1) is 0 Å². The Morgan fingerprint density at radius 1 is 1.12 bits per heavy atom. The highest BCUT2D eigenvalue weighted by Crippen LogP contribution is 2.16. The summed E-state index contributed by atoms with van der Waals surface area (Å²) in [6.07, 6.45) is 2.47. The van der Waals surface area contributed by atoms with E-state index in [9.17, 15) is 14.0 Å². The molecule has 0 aromatic heterocycles. The van der Waals surface area contributed by atoms with Gasteiger partial charge in [-0.25, -0.2) is 4.39 Å². The molecule has 2 N–H and O–H groups in total. The Bertz CT molecular complexity index is 822. The highest BCUT2D eigenvalue weighted by Gasteiger charge is 2.08. The second-order valence-electron chi connectivity index (χ2n) is 5.39. The van der Waals surface area contributed by atoms with Crippen molar-refractivity contribution in [3.8, 4) is 0 Å². The van der Waals surface area contributed by atoms with Crippen LogP contribution in [-0.4, -0.2) is 25.9 Å². The Morgan fingerprint density at radius 3 is 2.60 bits per heavy atom. The first-order valence-corrected chi connectivity index (χ1v) is 8.17. The van der Waals surface area contributed by atoms with Crippen LogP contribution in [0.5, 0.6) is 0 Å². The van der Waals surface area contributed by atoms with Gasteiger partial charge in [-0.2, -0.15) is 0 Å². The van der Waals surface area contributed by atoms with Crippen LogP contribution in [0.1, 0.15) is 15.9 Å². The van der Waals surface area contributed by atoms with Crippen molar-refractivity contribution >= 4 is 39.5 Å². The minimum absolute atomic E-state index is 0.259. The van der Waals surface area contributed by atoms with Crippen molar-refractivity contribution < 1.29 is 14.0 Å². The minimum atomic E-state index is -0.573. The van der Waals surface area contributed by atoms with Crippen molar-refractivity contribution in [2.45, 2.75) is 0 Å². The quantitative estimate of drug-likeness (QED) is 0.606. The van der Waals surface area contributed by atoms with Crippen LogP contribution in [0.2, 0.25) is 0 Å². The van der Waals surface area contributed by atoms with E-state index in [4.69, 9.17) is 0 Å². The summed E-state index contributed by atoms with van der Waals surface area (Å²) in [5, 5.41) is 0. The lowest BCUT2D eigenvalue weighted by molar-refractivity contribution is -0.117. The van der Waals surface area contributed by atoms with Crippen LogP contribution in [0.25, 0.3) is 6.08 Å². The second-order valence-corrected chi connectivity index (χ2v) is 6.30. The number of hydrogen-bond donors (Lipinski definition) is 2. The topological polar surface area (TPSA) is 61.4 Å². The van der Waals surface area contributed by atoms with Crippen molar-refractivity contribution in [2.24, 2.45) is 0 Å². The standard InChI is InChI=1S/C18H17BrFN3O2/c1-23(2)15-5-3-4-13(11-15)18(25)22-21-17(24)9-6-12-10-14(19)7-8-16(12)20/h3-11H,1-2H3,(H,21,24)(H,22,25)/b9-6+. The minimum Gasteiger partial charge on any atom is -0.378 e. The molecule has 2 aromatic carbocycles. The molecule has 2 amide bonds. The molecule has 0 unspecified atom stereocenters. The Morgan fingerprint density at radius 2 is 1.88 bits per heavy atom.